The normalized spacial score (nSPS) is 15.7. The maximum atomic E-state index is 15.4. The molecule has 1 aliphatic rings. The zero-order valence-electron chi connectivity index (χ0n) is 17.3. The number of piperazine rings is 1. The minimum atomic E-state index is -0.624. The van der Waals surface area contributed by atoms with Gasteiger partial charge in [0.15, 0.2) is 17.5 Å². The summed E-state index contributed by atoms with van der Waals surface area (Å²) >= 11 is 0. The first-order chi connectivity index (χ1) is 14.4. The van der Waals surface area contributed by atoms with E-state index in [0.29, 0.717) is 36.2 Å². The molecule has 0 bridgehead atoms. The first-order valence-corrected chi connectivity index (χ1v) is 10.2. The number of fused-ring (bicyclic) bond motifs is 2. The van der Waals surface area contributed by atoms with E-state index in [2.05, 4.69) is 38.9 Å². The molecule has 3 heterocycles. The second kappa shape index (κ2) is 7.05. The lowest BCUT2D eigenvalue weighted by atomic mass is 10.1. The highest BCUT2D eigenvalue weighted by molar-refractivity contribution is 5.94. The summed E-state index contributed by atoms with van der Waals surface area (Å²) in [7, 11) is 0. The highest BCUT2D eigenvalue weighted by atomic mass is 19.1. The fourth-order valence-corrected chi connectivity index (χ4v) is 4.25. The Balaban J connectivity index is 1.55. The molecule has 0 atom stereocenters. The number of aromatic amines is 2. The van der Waals surface area contributed by atoms with Crippen LogP contribution in [0.25, 0.3) is 33.5 Å². The van der Waals surface area contributed by atoms with E-state index in [1.165, 1.54) is 6.07 Å². The molecule has 6 nitrogen and oxygen atoms in total. The van der Waals surface area contributed by atoms with E-state index in [-0.39, 0.29) is 11.2 Å². The van der Waals surface area contributed by atoms with Crippen molar-refractivity contribution in [1.29, 1.82) is 0 Å². The standard InChI is InChI=1S/C22H24F2N6/c1-12(2)29-6-8-30(9-7-29)21-15(23)11-17-20(18(21)24)26-22(25-17)19-14-5-4-13(3)10-16(14)27-28-19/h4-5,10-12H,6-9H2,1-3H3,(H,25,26)(H,27,28). The number of aromatic nitrogens is 4. The molecule has 0 spiro atoms. The molecule has 8 heteroatoms. The van der Waals surface area contributed by atoms with Gasteiger partial charge in [0, 0.05) is 43.7 Å². The molecule has 30 heavy (non-hydrogen) atoms. The van der Waals surface area contributed by atoms with Crippen LogP contribution in [0.15, 0.2) is 24.3 Å². The molecule has 2 aromatic carbocycles. The topological polar surface area (TPSA) is 63.8 Å². The predicted molar refractivity (Wildman–Crippen MR) is 115 cm³/mol. The molecule has 1 saturated heterocycles. The van der Waals surface area contributed by atoms with E-state index in [1.807, 2.05) is 25.1 Å². The molecular formula is C22H24F2N6. The molecule has 0 unspecified atom stereocenters. The number of rotatable bonds is 3. The highest BCUT2D eigenvalue weighted by Crippen LogP contribution is 2.33. The lowest BCUT2D eigenvalue weighted by molar-refractivity contribution is 0.208. The van der Waals surface area contributed by atoms with Gasteiger partial charge >= 0.3 is 0 Å². The van der Waals surface area contributed by atoms with Crippen LogP contribution in [0.5, 0.6) is 0 Å². The number of aryl methyl sites for hydroxylation is 1. The summed E-state index contributed by atoms with van der Waals surface area (Å²) in [5.41, 5.74) is 3.04. The molecule has 156 valence electrons. The number of nitrogens with zero attached hydrogens (tertiary/aromatic N) is 4. The Labute approximate surface area is 172 Å². The van der Waals surface area contributed by atoms with E-state index in [4.69, 9.17) is 0 Å². The van der Waals surface area contributed by atoms with Crippen molar-refractivity contribution in [2.24, 2.45) is 0 Å². The molecule has 1 aliphatic heterocycles. The third-order valence-electron chi connectivity index (χ3n) is 5.95. The Morgan fingerprint density at radius 3 is 2.53 bits per heavy atom. The van der Waals surface area contributed by atoms with Crippen LogP contribution >= 0.6 is 0 Å². The lowest BCUT2D eigenvalue weighted by Gasteiger charge is -2.38. The number of H-pyrrole nitrogens is 2. The first-order valence-electron chi connectivity index (χ1n) is 10.2. The van der Waals surface area contributed by atoms with Gasteiger partial charge in [0.2, 0.25) is 0 Å². The SMILES string of the molecule is Cc1ccc2c(-c3nc4c(F)c(N5CCN(C(C)C)CC5)c(F)cc4[nH]3)n[nH]c2c1. The Bertz CT molecular complexity index is 1230. The van der Waals surface area contributed by atoms with Gasteiger partial charge in [0.05, 0.1) is 11.0 Å². The van der Waals surface area contributed by atoms with E-state index in [1.54, 1.807) is 4.90 Å². The van der Waals surface area contributed by atoms with Crippen molar-refractivity contribution in [3.63, 3.8) is 0 Å². The molecule has 1 fully saturated rings. The second-order valence-corrected chi connectivity index (χ2v) is 8.24. The molecule has 0 amide bonds. The second-order valence-electron chi connectivity index (χ2n) is 8.24. The third-order valence-corrected chi connectivity index (χ3v) is 5.95. The smallest absolute Gasteiger partial charge is 0.177 e. The van der Waals surface area contributed by atoms with E-state index in [9.17, 15) is 4.39 Å². The van der Waals surface area contributed by atoms with Gasteiger partial charge in [-0.2, -0.15) is 5.10 Å². The number of halogens is 2. The fraction of sp³-hybridized carbons (Fsp3) is 0.364. The van der Waals surface area contributed by atoms with Crippen molar-refractivity contribution in [3.05, 3.63) is 41.5 Å². The van der Waals surface area contributed by atoms with Crippen LogP contribution in [-0.4, -0.2) is 57.3 Å². The minimum absolute atomic E-state index is 0.00599. The third kappa shape index (κ3) is 3.02. The minimum Gasteiger partial charge on any atom is -0.364 e. The summed E-state index contributed by atoms with van der Waals surface area (Å²) in [5, 5.41) is 8.20. The van der Waals surface area contributed by atoms with Gasteiger partial charge in [-0.05, 0) is 32.4 Å². The summed E-state index contributed by atoms with van der Waals surface area (Å²) in [5.74, 6) is -0.780. The van der Waals surface area contributed by atoms with Gasteiger partial charge in [0.1, 0.15) is 16.9 Å². The first kappa shape index (κ1) is 19.0. The van der Waals surface area contributed by atoms with Crippen molar-refractivity contribution in [2.75, 3.05) is 31.1 Å². The van der Waals surface area contributed by atoms with E-state index in [0.717, 1.165) is 29.6 Å². The van der Waals surface area contributed by atoms with Crippen LogP contribution in [0.2, 0.25) is 0 Å². The molecule has 2 aromatic heterocycles. The van der Waals surface area contributed by atoms with E-state index < -0.39 is 11.6 Å². The quantitative estimate of drug-likeness (QED) is 0.531. The summed E-state index contributed by atoms with van der Waals surface area (Å²) in [6, 6.07) is 7.68. The van der Waals surface area contributed by atoms with E-state index >= 15 is 4.39 Å². The number of hydrogen-bond acceptors (Lipinski definition) is 4. The summed E-state index contributed by atoms with van der Waals surface area (Å²) < 4.78 is 30.3. The van der Waals surface area contributed by atoms with Crippen molar-refractivity contribution >= 4 is 27.6 Å². The Morgan fingerprint density at radius 2 is 1.80 bits per heavy atom. The Hall–Kier alpha value is -3.00. The molecule has 4 aromatic rings. The van der Waals surface area contributed by atoms with Gasteiger partial charge in [-0.25, -0.2) is 13.8 Å². The van der Waals surface area contributed by atoms with Gasteiger partial charge in [-0.15, -0.1) is 0 Å². The monoisotopic (exact) mass is 410 g/mol. The number of hydrogen-bond donors (Lipinski definition) is 2. The molecule has 0 aliphatic carbocycles. The maximum Gasteiger partial charge on any atom is 0.177 e. The zero-order chi connectivity index (χ0) is 21.0. The van der Waals surface area contributed by atoms with Crippen molar-refractivity contribution < 1.29 is 8.78 Å². The van der Waals surface area contributed by atoms with Crippen molar-refractivity contribution in [3.8, 4) is 11.5 Å². The van der Waals surface area contributed by atoms with Crippen LogP contribution in [0, 0.1) is 18.6 Å². The highest BCUT2D eigenvalue weighted by Gasteiger charge is 2.26. The Morgan fingerprint density at radius 1 is 1.03 bits per heavy atom. The van der Waals surface area contributed by atoms with Gasteiger partial charge in [-0.3, -0.25) is 10.00 Å². The largest absolute Gasteiger partial charge is 0.364 e. The lowest BCUT2D eigenvalue weighted by Crippen LogP contribution is -2.49. The summed E-state index contributed by atoms with van der Waals surface area (Å²) in [4.78, 5) is 11.6. The van der Waals surface area contributed by atoms with Crippen LogP contribution in [0.3, 0.4) is 0 Å². The molecule has 0 radical (unpaired) electrons. The van der Waals surface area contributed by atoms with Crippen LogP contribution in [-0.2, 0) is 0 Å². The zero-order valence-corrected chi connectivity index (χ0v) is 17.3. The predicted octanol–water partition coefficient (Wildman–Crippen LogP) is 4.22. The van der Waals surface area contributed by atoms with Crippen LogP contribution < -0.4 is 4.90 Å². The van der Waals surface area contributed by atoms with Crippen molar-refractivity contribution in [1.82, 2.24) is 25.1 Å². The van der Waals surface area contributed by atoms with Gasteiger partial charge in [-0.1, -0.05) is 12.1 Å². The average molecular weight is 410 g/mol. The summed E-state index contributed by atoms with van der Waals surface area (Å²) in [6.45, 7) is 8.98. The molecule has 5 rings (SSSR count). The Kier molecular flexibility index (Phi) is 4.47. The summed E-state index contributed by atoms with van der Waals surface area (Å²) in [6.07, 6.45) is 0. The van der Waals surface area contributed by atoms with Crippen LogP contribution in [0.1, 0.15) is 19.4 Å². The van der Waals surface area contributed by atoms with Crippen molar-refractivity contribution in [2.45, 2.75) is 26.8 Å². The maximum absolute atomic E-state index is 15.4. The van der Waals surface area contributed by atoms with Gasteiger partial charge in [0.25, 0.3) is 0 Å². The number of benzene rings is 2. The number of imidazole rings is 1. The average Bonchev–Trinajstić information content (AvgIpc) is 3.32. The number of nitrogens with one attached hydrogen (secondary N) is 2. The molecular weight excluding hydrogens is 386 g/mol. The molecule has 0 saturated carbocycles. The number of anilines is 1. The molecule has 2 N–H and O–H groups in total. The van der Waals surface area contributed by atoms with Gasteiger partial charge < -0.3 is 9.88 Å². The fourth-order valence-electron chi connectivity index (χ4n) is 4.25. The van der Waals surface area contributed by atoms with Crippen LogP contribution in [0.4, 0.5) is 14.5 Å².